The van der Waals surface area contributed by atoms with Gasteiger partial charge in [-0.05, 0) is 36.1 Å². The van der Waals surface area contributed by atoms with E-state index in [1.54, 1.807) is 30.2 Å². The molecule has 6 nitrogen and oxygen atoms in total. The first-order valence-corrected chi connectivity index (χ1v) is 9.90. The fraction of sp³-hybridized carbons (Fsp3) is 0.391. The van der Waals surface area contributed by atoms with Gasteiger partial charge < -0.3 is 19.7 Å². The molecule has 2 aromatic carbocycles. The summed E-state index contributed by atoms with van der Waals surface area (Å²) in [6.45, 7) is 4.65. The molecule has 0 spiro atoms. The number of nitrogens with zero attached hydrogens (tertiary/aromatic N) is 1. The van der Waals surface area contributed by atoms with E-state index < -0.39 is 5.92 Å². The molecule has 0 unspecified atom stereocenters. The Hall–Kier alpha value is -3.02. The molecule has 0 bridgehead atoms. The molecule has 0 aliphatic carbocycles. The van der Waals surface area contributed by atoms with Gasteiger partial charge in [0.2, 0.25) is 11.8 Å². The number of nitrogens with one attached hydrogen (secondary N) is 1. The molecule has 1 heterocycles. The maximum Gasteiger partial charge on any atom is 0.229 e. The monoisotopic (exact) mass is 396 g/mol. The van der Waals surface area contributed by atoms with E-state index >= 15 is 0 Å². The number of carbonyl (C=O) groups is 2. The Balaban J connectivity index is 1.77. The predicted octanol–water partition coefficient (Wildman–Crippen LogP) is 4.21. The molecular formula is C23H28N2O4. The molecule has 1 aliphatic rings. The maximum atomic E-state index is 12.9. The van der Waals surface area contributed by atoms with Crippen molar-refractivity contribution in [3.63, 3.8) is 0 Å². The van der Waals surface area contributed by atoms with Crippen LogP contribution in [-0.4, -0.2) is 32.6 Å². The Kier molecular flexibility index (Phi) is 6.42. The standard InChI is InChI=1S/C23H28N2O4/c1-5-15(2)18-8-6-7-9-20(18)25-14-16(12-22(25)26)23(27)24-19-11-10-17(28-3)13-21(19)29-4/h6-11,13,15-16H,5,12,14H2,1-4H3,(H,24,27)/t15-,16-/m1/s1. The van der Waals surface area contributed by atoms with E-state index in [2.05, 4.69) is 25.2 Å². The largest absolute Gasteiger partial charge is 0.497 e. The van der Waals surface area contributed by atoms with Crippen molar-refractivity contribution in [2.75, 3.05) is 31.0 Å². The highest BCUT2D eigenvalue weighted by molar-refractivity contribution is 6.04. The van der Waals surface area contributed by atoms with Crippen LogP contribution in [0.5, 0.6) is 11.5 Å². The van der Waals surface area contributed by atoms with Gasteiger partial charge >= 0.3 is 0 Å². The van der Waals surface area contributed by atoms with Gasteiger partial charge in [-0.15, -0.1) is 0 Å². The fourth-order valence-electron chi connectivity index (χ4n) is 3.62. The third-order valence-corrected chi connectivity index (χ3v) is 5.53. The summed E-state index contributed by atoms with van der Waals surface area (Å²) in [5.41, 5.74) is 2.61. The minimum Gasteiger partial charge on any atom is -0.497 e. The molecule has 3 rings (SSSR count). The second-order valence-electron chi connectivity index (χ2n) is 7.33. The number of hydrogen-bond donors (Lipinski definition) is 1. The number of ether oxygens (including phenoxy) is 2. The van der Waals surface area contributed by atoms with Crippen LogP contribution in [0.3, 0.4) is 0 Å². The molecule has 0 radical (unpaired) electrons. The van der Waals surface area contributed by atoms with Crippen molar-refractivity contribution < 1.29 is 19.1 Å². The summed E-state index contributed by atoms with van der Waals surface area (Å²) in [4.78, 5) is 27.3. The first kappa shape index (κ1) is 20.7. The van der Waals surface area contributed by atoms with Crippen molar-refractivity contribution in [1.82, 2.24) is 0 Å². The molecule has 154 valence electrons. The Morgan fingerprint density at radius 2 is 1.97 bits per heavy atom. The van der Waals surface area contributed by atoms with E-state index in [4.69, 9.17) is 9.47 Å². The summed E-state index contributed by atoms with van der Waals surface area (Å²) in [6, 6.07) is 13.2. The number of hydrogen-bond acceptors (Lipinski definition) is 4. The van der Waals surface area contributed by atoms with Crippen molar-refractivity contribution in [3.05, 3.63) is 48.0 Å². The van der Waals surface area contributed by atoms with Crippen LogP contribution in [0.25, 0.3) is 0 Å². The fourth-order valence-corrected chi connectivity index (χ4v) is 3.62. The molecule has 6 heteroatoms. The molecule has 1 saturated heterocycles. The summed E-state index contributed by atoms with van der Waals surface area (Å²) < 4.78 is 10.5. The second kappa shape index (κ2) is 8.99. The highest BCUT2D eigenvalue weighted by Gasteiger charge is 2.36. The molecule has 1 aliphatic heterocycles. The zero-order valence-corrected chi connectivity index (χ0v) is 17.4. The van der Waals surface area contributed by atoms with Crippen molar-refractivity contribution in [1.29, 1.82) is 0 Å². The molecule has 2 aromatic rings. The van der Waals surface area contributed by atoms with Crippen LogP contribution in [0.2, 0.25) is 0 Å². The van der Waals surface area contributed by atoms with Gasteiger partial charge in [-0.25, -0.2) is 0 Å². The molecule has 29 heavy (non-hydrogen) atoms. The summed E-state index contributed by atoms with van der Waals surface area (Å²) in [5.74, 6) is 0.868. The summed E-state index contributed by atoms with van der Waals surface area (Å²) >= 11 is 0. The molecule has 0 aromatic heterocycles. The minimum absolute atomic E-state index is 0.0254. The molecule has 1 N–H and O–H groups in total. The molecular weight excluding hydrogens is 368 g/mol. The average molecular weight is 396 g/mol. The average Bonchev–Trinajstić information content (AvgIpc) is 3.15. The molecule has 2 atom stereocenters. The van der Waals surface area contributed by atoms with Crippen molar-refractivity contribution in [3.8, 4) is 11.5 Å². The highest BCUT2D eigenvalue weighted by atomic mass is 16.5. The zero-order chi connectivity index (χ0) is 21.0. The van der Waals surface area contributed by atoms with Crippen LogP contribution in [0.1, 0.15) is 38.2 Å². The highest BCUT2D eigenvalue weighted by Crippen LogP contribution is 2.34. The summed E-state index contributed by atoms with van der Waals surface area (Å²) in [7, 11) is 3.11. The minimum atomic E-state index is -0.417. The quantitative estimate of drug-likeness (QED) is 0.761. The Morgan fingerprint density at radius 3 is 2.66 bits per heavy atom. The second-order valence-corrected chi connectivity index (χ2v) is 7.33. The smallest absolute Gasteiger partial charge is 0.229 e. The van der Waals surface area contributed by atoms with Crippen molar-refractivity contribution in [2.24, 2.45) is 5.92 Å². The van der Waals surface area contributed by atoms with Crippen LogP contribution in [0.15, 0.2) is 42.5 Å². The van der Waals surface area contributed by atoms with E-state index in [9.17, 15) is 9.59 Å². The number of benzene rings is 2. The normalized spacial score (nSPS) is 17.2. The van der Waals surface area contributed by atoms with Gasteiger partial charge in [0.15, 0.2) is 0 Å². The van der Waals surface area contributed by atoms with Crippen LogP contribution >= 0.6 is 0 Å². The Labute approximate surface area is 171 Å². The van der Waals surface area contributed by atoms with Crippen molar-refractivity contribution >= 4 is 23.2 Å². The third-order valence-electron chi connectivity index (χ3n) is 5.53. The maximum absolute atomic E-state index is 12.9. The lowest BCUT2D eigenvalue weighted by Gasteiger charge is -2.23. The van der Waals surface area contributed by atoms with E-state index in [1.807, 2.05) is 18.2 Å². The van der Waals surface area contributed by atoms with E-state index in [0.29, 0.717) is 29.6 Å². The van der Waals surface area contributed by atoms with Gasteiger partial charge in [-0.1, -0.05) is 32.0 Å². The number of methoxy groups -OCH3 is 2. The predicted molar refractivity (Wildman–Crippen MR) is 114 cm³/mol. The SMILES string of the molecule is CC[C@@H](C)c1ccccc1N1C[C@H](C(=O)Nc2ccc(OC)cc2OC)CC1=O. The van der Waals surface area contributed by atoms with Gasteiger partial charge in [0.05, 0.1) is 25.8 Å². The third kappa shape index (κ3) is 4.36. The van der Waals surface area contributed by atoms with Gasteiger partial charge in [0, 0.05) is 24.7 Å². The Morgan fingerprint density at radius 1 is 1.21 bits per heavy atom. The number of rotatable bonds is 7. The molecule has 2 amide bonds. The van der Waals surface area contributed by atoms with E-state index in [0.717, 1.165) is 17.7 Å². The molecule has 0 saturated carbocycles. The van der Waals surface area contributed by atoms with E-state index in [-0.39, 0.29) is 18.2 Å². The van der Waals surface area contributed by atoms with Crippen LogP contribution < -0.4 is 19.7 Å². The zero-order valence-electron chi connectivity index (χ0n) is 17.4. The Bertz CT molecular complexity index is 896. The van der Waals surface area contributed by atoms with Crippen LogP contribution in [-0.2, 0) is 9.59 Å². The first-order chi connectivity index (χ1) is 14.0. The summed E-state index contributed by atoms with van der Waals surface area (Å²) in [5, 5.41) is 2.90. The number of carbonyl (C=O) groups excluding carboxylic acids is 2. The lowest BCUT2D eigenvalue weighted by Crippen LogP contribution is -2.29. The number of amides is 2. The molecule has 1 fully saturated rings. The van der Waals surface area contributed by atoms with E-state index in [1.165, 1.54) is 7.11 Å². The lowest BCUT2D eigenvalue weighted by molar-refractivity contribution is -0.122. The first-order valence-electron chi connectivity index (χ1n) is 9.90. The van der Waals surface area contributed by atoms with Crippen molar-refractivity contribution in [2.45, 2.75) is 32.6 Å². The lowest BCUT2D eigenvalue weighted by atomic mass is 9.96. The van der Waals surface area contributed by atoms with Crippen LogP contribution in [0.4, 0.5) is 11.4 Å². The number of para-hydroxylation sites is 1. The van der Waals surface area contributed by atoms with Gasteiger partial charge in [-0.2, -0.15) is 0 Å². The van der Waals surface area contributed by atoms with Gasteiger partial charge in [0.25, 0.3) is 0 Å². The number of anilines is 2. The van der Waals surface area contributed by atoms with Gasteiger partial charge in [-0.3, -0.25) is 9.59 Å². The summed E-state index contributed by atoms with van der Waals surface area (Å²) in [6.07, 6.45) is 1.18. The van der Waals surface area contributed by atoms with Gasteiger partial charge in [0.1, 0.15) is 11.5 Å². The van der Waals surface area contributed by atoms with Crippen LogP contribution in [0, 0.1) is 5.92 Å². The topological polar surface area (TPSA) is 67.9 Å².